The Morgan fingerprint density at radius 3 is 2.46 bits per heavy atom. The van der Waals surface area contributed by atoms with Gasteiger partial charge >= 0.3 is 0 Å². The van der Waals surface area contributed by atoms with Crippen molar-refractivity contribution in [2.45, 2.75) is 57.5 Å². The highest BCUT2D eigenvalue weighted by Gasteiger charge is 2.46. The van der Waals surface area contributed by atoms with Gasteiger partial charge in [0.05, 0.1) is 38.0 Å². The highest BCUT2D eigenvalue weighted by atomic mass is 16.5. The van der Waals surface area contributed by atoms with E-state index in [1.807, 2.05) is 29.1 Å². The second kappa shape index (κ2) is 12.5. The lowest BCUT2D eigenvalue weighted by Gasteiger charge is -2.50. The van der Waals surface area contributed by atoms with E-state index < -0.39 is 0 Å². The Morgan fingerprint density at radius 2 is 1.72 bits per heavy atom. The van der Waals surface area contributed by atoms with Crippen LogP contribution in [0.25, 0.3) is 11.0 Å². The van der Waals surface area contributed by atoms with Gasteiger partial charge in [-0.1, -0.05) is 13.0 Å². The second-order valence-electron chi connectivity index (χ2n) is 12.9. The van der Waals surface area contributed by atoms with Crippen LogP contribution >= 0.6 is 0 Å². The van der Waals surface area contributed by atoms with Gasteiger partial charge in [0.25, 0.3) is 0 Å². The molecule has 2 fully saturated rings. The van der Waals surface area contributed by atoms with Gasteiger partial charge in [0.1, 0.15) is 12.1 Å². The molecule has 1 amide bonds. The number of ether oxygens (including phenoxy) is 2. The zero-order chi connectivity index (χ0) is 31.8. The number of benzene rings is 1. The Hall–Kier alpha value is -4.25. The number of carbonyl (C=O) groups excluding carboxylic acids is 1. The largest absolute Gasteiger partial charge is 0.493 e. The number of likely N-dealkylation sites (N-methyl/N-ethyl adjacent to an activating group) is 1. The van der Waals surface area contributed by atoms with Crippen LogP contribution in [0.5, 0.6) is 11.5 Å². The molecule has 11 nitrogen and oxygen atoms in total. The number of aryl methyl sites for hydroxylation is 1. The zero-order valence-electron chi connectivity index (χ0n) is 27.4. The maximum atomic E-state index is 13.8. The van der Waals surface area contributed by atoms with E-state index in [9.17, 15) is 4.79 Å². The molecule has 1 aliphatic carbocycles. The van der Waals surface area contributed by atoms with Gasteiger partial charge < -0.3 is 19.3 Å². The average molecular weight is 625 g/mol. The molecule has 0 bridgehead atoms. The standard InChI is InChI=1S/C35H44N8O3/c1-5-26-7-6-8-27(39-26)22-43-33-28(21-38-43)32(36-23-37-33)41-15-17-42(18-16-41)34(44)24-9-12-35(13-10-24)29-20-31(46-4)30(45-3)19-25(29)11-14-40(35)2/h6-8,19-21,23-24H,5,9-18,22H2,1-4H3. The Labute approximate surface area is 270 Å². The molecule has 242 valence electrons. The predicted octanol–water partition coefficient (Wildman–Crippen LogP) is 4.07. The van der Waals surface area contributed by atoms with Crippen molar-refractivity contribution in [3.05, 3.63) is 65.4 Å². The zero-order valence-corrected chi connectivity index (χ0v) is 27.4. The van der Waals surface area contributed by atoms with E-state index in [0.29, 0.717) is 25.5 Å². The molecule has 7 rings (SSSR count). The highest BCUT2D eigenvalue weighted by molar-refractivity contribution is 5.87. The molecular formula is C35H44N8O3. The van der Waals surface area contributed by atoms with Crippen molar-refractivity contribution in [3.63, 3.8) is 0 Å². The summed E-state index contributed by atoms with van der Waals surface area (Å²) in [4.78, 5) is 34.6. The predicted molar refractivity (Wildman–Crippen MR) is 176 cm³/mol. The molecule has 5 heterocycles. The number of piperazine rings is 1. The fraction of sp³-hybridized carbons (Fsp3) is 0.514. The summed E-state index contributed by atoms with van der Waals surface area (Å²) in [6.45, 7) is 6.51. The van der Waals surface area contributed by atoms with E-state index in [-0.39, 0.29) is 11.5 Å². The number of nitrogens with zero attached hydrogens (tertiary/aromatic N) is 8. The summed E-state index contributed by atoms with van der Waals surface area (Å²) in [5.74, 6) is 2.79. The number of carbonyl (C=O) groups is 1. The highest BCUT2D eigenvalue weighted by Crippen LogP contribution is 2.49. The molecular weight excluding hydrogens is 580 g/mol. The third kappa shape index (κ3) is 5.34. The van der Waals surface area contributed by atoms with Crippen LogP contribution in [0.3, 0.4) is 0 Å². The lowest BCUT2D eigenvalue weighted by molar-refractivity contribution is -0.138. The number of pyridine rings is 1. The Kier molecular flexibility index (Phi) is 8.27. The monoisotopic (exact) mass is 624 g/mol. The van der Waals surface area contributed by atoms with Crippen LogP contribution in [0.2, 0.25) is 0 Å². The minimum Gasteiger partial charge on any atom is -0.493 e. The number of amides is 1. The van der Waals surface area contributed by atoms with Crippen molar-refractivity contribution < 1.29 is 14.3 Å². The quantitative estimate of drug-likeness (QED) is 0.301. The molecule has 2 aliphatic heterocycles. The molecule has 3 aliphatic rings. The molecule has 46 heavy (non-hydrogen) atoms. The smallest absolute Gasteiger partial charge is 0.225 e. The van der Waals surface area contributed by atoms with E-state index in [0.717, 1.165) is 97.9 Å². The fourth-order valence-corrected chi connectivity index (χ4v) is 7.88. The molecule has 1 saturated carbocycles. The Bertz CT molecular complexity index is 1720. The number of hydrogen-bond acceptors (Lipinski definition) is 9. The minimum absolute atomic E-state index is 0.0555. The molecule has 3 aromatic heterocycles. The van der Waals surface area contributed by atoms with Crippen LogP contribution in [-0.4, -0.2) is 94.4 Å². The molecule has 0 N–H and O–H groups in total. The first-order valence-electron chi connectivity index (χ1n) is 16.6. The number of anilines is 1. The first kappa shape index (κ1) is 30.4. The fourth-order valence-electron chi connectivity index (χ4n) is 7.88. The maximum absolute atomic E-state index is 13.8. The Morgan fingerprint density at radius 1 is 0.978 bits per heavy atom. The first-order valence-corrected chi connectivity index (χ1v) is 16.6. The van der Waals surface area contributed by atoms with Gasteiger partial charge in [-0.05, 0) is 81.0 Å². The third-order valence-electron chi connectivity index (χ3n) is 10.6. The van der Waals surface area contributed by atoms with Crippen molar-refractivity contribution in [2.24, 2.45) is 5.92 Å². The number of hydrogen-bond donors (Lipinski definition) is 0. The topological polar surface area (TPSA) is 102 Å². The lowest BCUT2D eigenvalue weighted by Crippen LogP contribution is -2.54. The molecule has 1 aromatic carbocycles. The first-order chi connectivity index (χ1) is 22.4. The van der Waals surface area contributed by atoms with E-state index >= 15 is 0 Å². The van der Waals surface area contributed by atoms with Crippen LogP contribution in [0.4, 0.5) is 5.82 Å². The maximum Gasteiger partial charge on any atom is 0.225 e. The lowest BCUT2D eigenvalue weighted by atomic mass is 9.68. The number of fused-ring (bicyclic) bond motifs is 3. The van der Waals surface area contributed by atoms with Crippen LogP contribution in [0, 0.1) is 5.92 Å². The van der Waals surface area contributed by atoms with Gasteiger partial charge in [-0.2, -0.15) is 5.10 Å². The van der Waals surface area contributed by atoms with E-state index in [4.69, 9.17) is 14.5 Å². The van der Waals surface area contributed by atoms with Crippen molar-refractivity contribution in [1.29, 1.82) is 0 Å². The van der Waals surface area contributed by atoms with Gasteiger partial charge in [0.2, 0.25) is 5.91 Å². The summed E-state index contributed by atoms with van der Waals surface area (Å²) in [6.07, 6.45) is 9.06. The normalized spacial score (nSPS) is 21.9. The van der Waals surface area contributed by atoms with Gasteiger partial charge in [-0.15, -0.1) is 0 Å². The van der Waals surface area contributed by atoms with Gasteiger partial charge in [-0.3, -0.25) is 14.7 Å². The second-order valence-corrected chi connectivity index (χ2v) is 12.9. The number of methoxy groups -OCH3 is 2. The third-order valence-corrected chi connectivity index (χ3v) is 10.6. The summed E-state index contributed by atoms with van der Waals surface area (Å²) in [7, 11) is 5.63. The summed E-state index contributed by atoms with van der Waals surface area (Å²) in [6, 6.07) is 10.4. The van der Waals surface area contributed by atoms with Crippen LogP contribution in [0.15, 0.2) is 42.9 Å². The average Bonchev–Trinajstić information content (AvgIpc) is 3.52. The molecule has 4 aromatic rings. The number of rotatable bonds is 7. The molecule has 0 atom stereocenters. The molecule has 11 heteroatoms. The molecule has 1 saturated heterocycles. The summed E-state index contributed by atoms with van der Waals surface area (Å²) < 4.78 is 13.2. The van der Waals surface area contributed by atoms with E-state index in [2.05, 4.69) is 55.9 Å². The summed E-state index contributed by atoms with van der Waals surface area (Å²) in [5.41, 5.74) is 5.43. The van der Waals surface area contributed by atoms with Crippen LogP contribution in [0.1, 0.15) is 55.1 Å². The summed E-state index contributed by atoms with van der Waals surface area (Å²) >= 11 is 0. The summed E-state index contributed by atoms with van der Waals surface area (Å²) in [5, 5.41) is 5.57. The van der Waals surface area contributed by atoms with E-state index in [1.165, 1.54) is 11.1 Å². The van der Waals surface area contributed by atoms with Crippen molar-refractivity contribution in [2.75, 3.05) is 58.9 Å². The van der Waals surface area contributed by atoms with Crippen molar-refractivity contribution in [3.8, 4) is 11.5 Å². The van der Waals surface area contributed by atoms with Crippen molar-refractivity contribution >= 4 is 22.8 Å². The molecule has 0 radical (unpaired) electrons. The minimum atomic E-state index is -0.0691. The van der Waals surface area contributed by atoms with Gasteiger partial charge in [0.15, 0.2) is 17.1 Å². The van der Waals surface area contributed by atoms with Gasteiger partial charge in [-0.25, -0.2) is 14.6 Å². The molecule has 1 spiro atoms. The van der Waals surface area contributed by atoms with Crippen LogP contribution in [-0.2, 0) is 29.7 Å². The van der Waals surface area contributed by atoms with E-state index in [1.54, 1.807) is 20.5 Å². The van der Waals surface area contributed by atoms with Crippen LogP contribution < -0.4 is 14.4 Å². The number of aromatic nitrogens is 5. The van der Waals surface area contributed by atoms with Crippen molar-refractivity contribution in [1.82, 2.24) is 34.5 Å². The SMILES string of the molecule is CCc1cccc(Cn2ncc3c(N4CCN(C(=O)C5CCC6(CC5)c5cc(OC)c(OC)cc5CCN6C)CC4)ncnc32)n1. The Balaban J connectivity index is 1.00. The van der Waals surface area contributed by atoms with Gasteiger partial charge in [0, 0.05) is 49.9 Å². The molecule has 0 unspecified atom stereocenters.